The molecule has 39 heavy (non-hydrogen) atoms. The molecule has 3 aliphatic carbocycles. The van der Waals surface area contributed by atoms with E-state index in [0.29, 0.717) is 52.9 Å². The number of phenolic OH excluding ortho intramolecular Hbond substituents is 1. The quantitative estimate of drug-likeness (QED) is 0.332. The van der Waals surface area contributed by atoms with Gasteiger partial charge in [-0.1, -0.05) is 47.6 Å². The Morgan fingerprint density at radius 2 is 2.03 bits per heavy atom. The topological polar surface area (TPSA) is 74.2 Å². The summed E-state index contributed by atoms with van der Waals surface area (Å²) in [7, 11) is 0. The van der Waals surface area contributed by atoms with Crippen LogP contribution < -0.4 is 10.6 Å². The Morgan fingerprint density at radius 3 is 2.69 bits per heavy atom. The first-order valence-electron chi connectivity index (χ1n) is 15.2. The van der Waals surface area contributed by atoms with Crippen LogP contribution in [0.25, 0.3) is 0 Å². The third kappa shape index (κ3) is 5.66. The number of hydrogen-bond acceptors (Lipinski definition) is 5. The molecule has 2 fully saturated rings. The molecule has 214 valence electrons. The number of amides is 1. The molecule has 3 unspecified atom stereocenters. The van der Waals surface area contributed by atoms with Crippen molar-refractivity contribution in [2.24, 2.45) is 29.1 Å². The number of phenols is 1. The zero-order valence-corrected chi connectivity index (χ0v) is 25.9. The van der Waals surface area contributed by atoms with E-state index in [1.807, 2.05) is 13.1 Å². The summed E-state index contributed by atoms with van der Waals surface area (Å²) < 4.78 is 0. The smallest absolute Gasteiger partial charge is 0.226 e. The van der Waals surface area contributed by atoms with Crippen molar-refractivity contribution in [3.05, 3.63) is 39.9 Å². The summed E-state index contributed by atoms with van der Waals surface area (Å²) in [4.78, 5) is 18.4. The molecule has 0 radical (unpaired) electrons. The molecule has 0 spiro atoms. The zero-order valence-electron chi connectivity index (χ0n) is 25.1. The molecular formula is C33H49N3O2S. The van der Waals surface area contributed by atoms with Gasteiger partial charge >= 0.3 is 0 Å². The molecule has 1 aromatic heterocycles. The Kier molecular flexibility index (Phi) is 7.93. The van der Waals surface area contributed by atoms with Crippen molar-refractivity contribution in [2.45, 2.75) is 111 Å². The van der Waals surface area contributed by atoms with Gasteiger partial charge in [0.1, 0.15) is 5.75 Å². The van der Waals surface area contributed by atoms with Crippen molar-refractivity contribution < 1.29 is 9.90 Å². The number of aryl methyl sites for hydroxylation is 2. The van der Waals surface area contributed by atoms with Crippen LogP contribution >= 0.6 is 11.3 Å². The lowest BCUT2D eigenvalue weighted by Crippen LogP contribution is -2.49. The van der Waals surface area contributed by atoms with Crippen LogP contribution in [0, 0.1) is 36.0 Å². The predicted molar refractivity (Wildman–Crippen MR) is 162 cm³/mol. The third-order valence-electron chi connectivity index (χ3n) is 10.2. The number of aromatic hydroxyl groups is 1. The van der Waals surface area contributed by atoms with Crippen molar-refractivity contribution >= 4 is 22.4 Å². The molecule has 0 aliphatic heterocycles. The SMILES string of the molecule is Cc1cnc(NC(=O)CC[C@@H]2C[C@H](NCC(C)C)[C@@]3(C)CCC4c5cc(C(C)(C)C)c(O)cc5CCC4C23)s1. The normalized spacial score (nSPS) is 30.1. The number of nitrogens with zero attached hydrogens (tertiary/aromatic N) is 1. The van der Waals surface area contributed by atoms with Gasteiger partial charge in [0, 0.05) is 23.5 Å². The van der Waals surface area contributed by atoms with Crippen LogP contribution in [-0.4, -0.2) is 28.6 Å². The van der Waals surface area contributed by atoms with E-state index in [1.54, 1.807) is 11.3 Å². The van der Waals surface area contributed by atoms with Gasteiger partial charge in [-0.05, 0) is 115 Å². The minimum absolute atomic E-state index is 0.0830. The fourth-order valence-electron chi connectivity index (χ4n) is 8.40. The van der Waals surface area contributed by atoms with E-state index >= 15 is 0 Å². The highest BCUT2D eigenvalue weighted by Crippen LogP contribution is 2.63. The van der Waals surface area contributed by atoms with Gasteiger partial charge < -0.3 is 15.7 Å². The van der Waals surface area contributed by atoms with Crippen LogP contribution in [0.2, 0.25) is 0 Å². The Balaban J connectivity index is 1.40. The van der Waals surface area contributed by atoms with Crippen molar-refractivity contribution in [1.82, 2.24) is 10.3 Å². The van der Waals surface area contributed by atoms with E-state index in [-0.39, 0.29) is 16.7 Å². The number of carbonyl (C=O) groups excluding carboxylic acids is 1. The number of hydrogen-bond donors (Lipinski definition) is 3. The maximum Gasteiger partial charge on any atom is 0.226 e. The number of thiazole rings is 1. The van der Waals surface area contributed by atoms with Crippen molar-refractivity contribution in [2.75, 3.05) is 11.9 Å². The molecule has 1 amide bonds. The van der Waals surface area contributed by atoms with Crippen LogP contribution in [0.5, 0.6) is 5.75 Å². The Labute approximate surface area is 239 Å². The molecule has 1 aromatic carbocycles. The number of carbonyl (C=O) groups is 1. The molecule has 0 bridgehead atoms. The lowest BCUT2D eigenvalue weighted by atomic mass is 9.53. The summed E-state index contributed by atoms with van der Waals surface area (Å²) in [6.45, 7) is 16.8. The van der Waals surface area contributed by atoms with Gasteiger partial charge in [0.25, 0.3) is 0 Å². The van der Waals surface area contributed by atoms with E-state index < -0.39 is 0 Å². The Bertz CT molecular complexity index is 1200. The number of aromatic nitrogens is 1. The molecular weight excluding hydrogens is 502 g/mol. The van der Waals surface area contributed by atoms with E-state index in [9.17, 15) is 9.90 Å². The molecule has 3 aliphatic rings. The van der Waals surface area contributed by atoms with E-state index in [0.717, 1.165) is 36.2 Å². The number of fused-ring (bicyclic) bond motifs is 5. The predicted octanol–water partition coefficient (Wildman–Crippen LogP) is 7.57. The second-order valence-electron chi connectivity index (χ2n) is 14.4. The van der Waals surface area contributed by atoms with Gasteiger partial charge in [-0.2, -0.15) is 0 Å². The fraction of sp³-hybridized carbons (Fsp3) is 0.697. The fourth-order valence-corrected chi connectivity index (χ4v) is 9.08. The van der Waals surface area contributed by atoms with Crippen LogP contribution in [0.15, 0.2) is 18.3 Å². The van der Waals surface area contributed by atoms with Gasteiger partial charge in [-0.25, -0.2) is 4.98 Å². The Hall–Kier alpha value is -1.92. The summed E-state index contributed by atoms with van der Waals surface area (Å²) in [5.41, 5.74) is 4.09. The second kappa shape index (κ2) is 10.8. The monoisotopic (exact) mass is 551 g/mol. The lowest BCUT2D eigenvalue weighted by Gasteiger charge is -2.52. The first-order chi connectivity index (χ1) is 18.4. The average Bonchev–Trinajstić information content (AvgIpc) is 3.39. The molecule has 6 heteroatoms. The molecule has 1 heterocycles. The average molecular weight is 552 g/mol. The minimum Gasteiger partial charge on any atom is -0.508 e. The van der Waals surface area contributed by atoms with Gasteiger partial charge in [-0.15, -0.1) is 11.3 Å². The van der Waals surface area contributed by atoms with Gasteiger partial charge in [0.2, 0.25) is 5.91 Å². The first kappa shape index (κ1) is 28.6. The third-order valence-corrected chi connectivity index (χ3v) is 11.0. The summed E-state index contributed by atoms with van der Waals surface area (Å²) in [5.74, 6) is 3.50. The summed E-state index contributed by atoms with van der Waals surface area (Å²) >= 11 is 1.54. The van der Waals surface area contributed by atoms with Crippen LogP contribution in [-0.2, 0) is 16.6 Å². The van der Waals surface area contributed by atoms with Crippen molar-refractivity contribution in [1.29, 1.82) is 0 Å². The van der Waals surface area contributed by atoms with Crippen LogP contribution in [0.1, 0.15) is 108 Å². The first-order valence-corrected chi connectivity index (χ1v) is 16.0. The molecule has 3 N–H and O–H groups in total. The van der Waals surface area contributed by atoms with Crippen LogP contribution in [0.3, 0.4) is 0 Å². The highest BCUT2D eigenvalue weighted by Gasteiger charge is 2.58. The van der Waals surface area contributed by atoms with Crippen molar-refractivity contribution in [3.63, 3.8) is 0 Å². The minimum atomic E-state index is -0.0830. The number of rotatable bonds is 7. The number of anilines is 1. The number of nitrogens with one attached hydrogen (secondary N) is 2. The largest absolute Gasteiger partial charge is 0.508 e. The molecule has 0 saturated heterocycles. The maximum atomic E-state index is 12.9. The zero-order chi connectivity index (χ0) is 28.1. The van der Waals surface area contributed by atoms with Gasteiger partial charge in [0.05, 0.1) is 0 Å². The van der Waals surface area contributed by atoms with E-state index in [1.165, 1.54) is 30.4 Å². The van der Waals surface area contributed by atoms with Crippen molar-refractivity contribution in [3.8, 4) is 5.75 Å². The van der Waals surface area contributed by atoms with Gasteiger partial charge in [0.15, 0.2) is 5.13 Å². The second-order valence-corrected chi connectivity index (χ2v) is 15.6. The van der Waals surface area contributed by atoms with Crippen LogP contribution in [0.4, 0.5) is 5.13 Å². The molecule has 2 aromatic rings. The van der Waals surface area contributed by atoms with E-state index in [4.69, 9.17) is 0 Å². The highest BCUT2D eigenvalue weighted by molar-refractivity contribution is 7.15. The standard InChI is InChI=1S/C33H49N3O2S/c1-19(2)17-34-28-15-22(9-11-29(38)36-31-35-18-20(3)39-31)30-24-10-8-21-14-27(37)26(32(4,5)6)16-25(21)23(24)12-13-33(28,30)7/h14,16,18-19,22-24,28,30,34,37H,8-13,15,17H2,1-7H3,(H,35,36,38)/t22-,23?,24?,28+,30?,33-/m1/s1. The summed E-state index contributed by atoms with van der Waals surface area (Å²) in [5, 5.41) is 18.6. The molecule has 2 saturated carbocycles. The lowest BCUT2D eigenvalue weighted by molar-refractivity contribution is -0.116. The van der Waals surface area contributed by atoms with E-state index in [2.05, 4.69) is 69.3 Å². The summed E-state index contributed by atoms with van der Waals surface area (Å²) in [6, 6.07) is 4.93. The van der Waals surface area contributed by atoms with Gasteiger partial charge in [-0.3, -0.25) is 4.79 Å². The number of benzene rings is 1. The molecule has 6 atom stereocenters. The molecule has 5 rings (SSSR count). The molecule has 5 nitrogen and oxygen atoms in total. The highest BCUT2D eigenvalue weighted by atomic mass is 32.1. The summed E-state index contributed by atoms with van der Waals surface area (Å²) in [6.07, 6.45) is 9.15. The Morgan fingerprint density at radius 1 is 1.26 bits per heavy atom. The maximum absolute atomic E-state index is 12.9.